The van der Waals surface area contributed by atoms with Crippen molar-refractivity contribution in [3.05, 3.63) is 64.1 Å². The summed E-state index contributed by atoms with van der Waals surface area (Å²) in [5.74, 6) is 0.0737. The van der Waals surface area contributed by atoms with Gasteiger partial charge in [-0.1, -0.05) is 47.5 Å². The third-order valence-corrected chi connectivity index (χ3v) is 8.19. The summed E-state index contributed by atoms with van der Waals surface area (Å²) < 4.78 is 27.1. The fourth-order valence-corrected chi connectivity index (χ4v) is 5.79. The zero-order chi connectivity index (χ0) is 19.9. The Balaban J connectivity index is 1.46. The van der Waals surface area contributed by atoms with E-state index in [0.29, 0.717) is 18.1 Å². The molecule has 1 saturated heterocycles. The van der Waals surface area contributed by atoms with Crippen LogP contribution in [-0.2, 0) is 20.2 Å². The van der Waals surface area contributed by atoms with Gasteiger partial charge in [-0.2, -0.15) is 4.31 Å². The summed E-state index contributed by atoms with van der Waals surface area (Å²) in [7, 11) is -3.67. The van der Waals surface area contributed by atoms with Crippen molar-refractivity contribution < 1.29 is 13.2 Å². The summed E-state index contributed by atoms with van der Waals surface area (Å²) in [6.45, 7) is 1.27. The van der Waals surface area contributed by atoms with Gasteiger partial charge in [0.25, 0.3) is 0 Å². The van der Waals surface area contributed by atoms with Crippen molar-refractivity contribution in [1.82, 2.24) is 9.21 Å². The van der Waals surface area contributed by atoms with Crippen LogP contribution in [0, 0.1) is 0 Å². The van der Waals surface area contributed by atoms with Gasteiger partial charge in [0, 0.05) is 31.2 Å². The van der Waals surface area contributed by atoms with Crippen LogP contribution in [0.3, 0.4) is 0 Å². The molecular formula is C20H20Cl2N2O3S. The van der Waals surface area contributed by atoms with Crippen LogP contribution in [0.15, 0.2) is 53.4 Å². The van der Waals surface area contributed by atoms with Gasteiger partial charge < -0.3 is 4.90 Å². The highest BCUT2D eigenvalue weighted by molar-refractivity contribution is 7.89. The third-order valence-electron chi connectivity index (χ3n) is 5.54. The van der Waals surface area contributed by atoms with E-state index in [-0.39, 0.29) is 28.9 Å². The number of hydrogen-bond acceptors (Lipinski definition) is 3. The molecule has 0 aromatic heterocycles. The summed E-state index contributed by atoms with van der Waals surface area (Å²) in [4.78, 5) is 15.0. The Morgan fingerprint density at radius 3 is 2.07 bits per heavy atom. The first-order valence-electron chi connectivity index (χ1n) is 9.15. The molecule has 0 N–H and O–H groups in total. The van der Waals surface area contributed by atoms with E-state index in [0.717, 1.165) is 18.4 Å². The summed E-state index contributed by atoms with van der Waals surface area (Å²) >= 11 is 12.0. The Bertz CT molecular complexity index is 996. The molecule has 28 heavy (non-hydrogen) atoms. The Morgan fingerprint density at radius 1 is 0.893 bits per heavy atom. The smallest absolute Gasteiger partial charge is 0.244 e. The highest BCUT2D eigenvalue weighted by Crippen LogP contribution is 2.50. The Hall–Kier alpha value is -1.60. The van der Waals surface area contributed by atoms with Crippen molar-refractivity contribution in [2.24, 2.45) is 0 Å². The minimum atomic E-state index is -3.67. The van der Waals surface area contributed by atoms with Gasteiger partial charge in [0.15, 0.2) is 0 Å². The number of hydrogen-bond donors (Lipinski definition) is 0. The maximum atomic E-state index is 13.2. The van der Waals surface area contributed by atoms with Crippen LogP contribution < -0.4 is 0 Å². The van der Waals surface area contributed by atoms with Gasteiger partial charge in [-0.3, -0.25) is 4.79 Å². The molecule has 2 aliphatic rings. The maximum Gasteiger partial charge on any atom is 0.244 e. The average Bonchev–Trinajstić information content (AvgIpc) is 3.50. The molecule has 4 rings (SSSR count). The molecule has 0 spiro atoms. The van der Waals surface area contributed by atoms with E-state index < -0.39 is 15.4 Å². The molecular weight excluding hydrogens is 419 g/mol. The van der Waals surface area contributed by atoms with Gasteiger partial charge in [-0.25, -0.2) is 8.42 Å². The first kappa shape index (κ1) is 19.7. The minimum Gasteiger partial charge on any atom is -0.339 e. The van der Waals surface area contributed by atoms with E-state index in [1.54, 1.807) is 35.2 Å². The van der Waals surface area contributed by atoms with Crippen LogP contribution in [0.1, 0.15) is 18.4 Å². The first-order chi connectivity index (χ1) is 13.3. The van der Waals surface area contributed by atoms with E-state index in [9.17, 15) is 13.2 Å². The molecule has 2 fully saturated rings. The second-order valence-corrected chi connectivity index (χ2v) is 9.97. The molecule has 1 heterocycles. The van der Waals surface area contributed by atoms with Gasteiger partial charge in [0.1, 0.15) is 4.90 Å². The predicted octanol–water partition coefficient (Wildman–Crippen LogP) is 3.56. The zero-order valence-electron chi connectivity index (χ0n) is 15.1. The quantitative estimate of drug-likeness (QED) is 0.732. The Morgan fingerprint density at radius 2 is 1.50 bits per heavy atom. The molecule has 1 saturated carbocycles. The maximum absolute atomic E-state index is 13.2. The summed E-state index contributed by atoms with van der Waals surface area (Å²) in [5, 5.41) is 0.853. The average molecular weight is 439 g/mol. The van der Waals surface area contributed by atoms with Crippen LogP contribution in [0.25, 0.3) is 0 Å². The van der Waals surface area contributed by atoms with Crippen molar-refractivity contribution >= 4 is 39.1 Å². The zero-order valence-corrected chi connectivity index (χ0v) is 17.5. The lowest BCUT2D eigenvalue weighted by Crippen LogP contribution is -2.52. The molecule has 0 unspecified atom stereocenters. The molecule has 1 aliphatic carbocycles. The normalized spacial score (nSPS) is 19.4. The number of nitrogens with zero attached hydrogens (tertiary/aromatic N) is 2. The third kappa shape index (κ3) is 3.43. The number of sulfonamides is 1. The molecule has 1 aliphatic heterocycles. The Labute approximate surface area is 174 Å². The van der Waals surface area contributed by atoms with Crippen LogP contribution in [-0.4, -0.2) is 49.7 Å². The standard InChI is InChI=1S/C20H20Cl2N2O3S/c21-16-7-5-15(6-8-16)20(9-10-20)19(25)23-11-13-24(14-12-23)28(26,27)18-4-2-1-3-17(18)22/h1-8H,9-14H2. The molecule has 1 amide bonds. The topological polar surface area (TPSA) is 57.7 Å². The lowest BCUT2D eigenvalue weighted by Gasteiger charge is -2.36. The fourth-order valence-electron chi connectivity index (χ4n) is 3.75. The number of carbonyl (C=O) groups excluding carboxylic acids is 1. The second kappa shape index (κ2) is 7.34. The second-order valence-electron chi connectivity index (χ2n) is 7.22. The van der Waals surface area contributed by atoms with E-state index in [1.165, 1.54) is 10.4 Å². The number of amides is 1. The van der Waals surface area contributed by atoms with Gasteiger partial charge in [0.05, 0.1) is 10.4 Å². The van der Waals surface area contributed by atoms with Crippen LogP contribution >= 0.6 is 23.2 Å². The molecule has 2 aromatic rings. The van der Waals surface area contributed by atoms with Crippen molar-refractivity contribution in [3.63, 3.8) is 0 Å². The minimum absolute atomic E-state index is 0.0737. The van der Waals surface area contributed by atoms with Crippen molar-refractivity contribution in [2.75, 3.05) is 26.2 Å². The largest absolute Gasteiger partial charge is 0.339 e. The monoisotopic (exact) mass is 438 g/mol. The number of benzene rings is 2. The summed E-state index contributed by atoms with van der Waals surface area (Å²) in [6.07, 6.45) is 1.62. The van der Waals surface area contributed by atoms with E-state index in [2.05, 4.69) is 0 Å². The lowest BCUT2D eigenvalue weighted by atomic mass is 9.94. The number of piperazine rings is 1. The first-order valence-corrected chi connectivity index (χ1v) is 11.3. The molecule has 0 atom stereocenters. The van der Waals surface area contributed by atoms with Gasteiger partial charge in [0.2, 0.25) is 15.9 Å². The van der Waals surface area contributed by atoms with Crippen molar-refractivity contribution in [1.29, 1.82) is 0 Å². The van der Waals surface area contributed by atoms with Crippen molar-refractivity contribution in [3.8, 4) is 0 Å². The van der Waals surface area contributed by atoms with E-state index in [4.69, 9.17) is 23.2 Å². The molecule has 5 nitrogen and oxygen atoms in total. The number of rotatable bonds is 4. The fraction of sp³-hybridized carbons (Fsp3) is 0.350. The van der Waals surface area contributed by atoms with Crippen molar-refractivity contribution in [2.45, 2.75) is 23.2 Å². The summed E-state index contributed by atoms with van der Waals surface area (Å²) in [5.41, 5.74) is 0.502. The molecule has 8 heteroatoms. The molecule has 148 valence electrons. The predicted molar refractivity (Wildman–Crippen MR) is 109 cm³/mol. The van der Waals surface area contributed by atoms with E-state index in [1.807, 2.05) is 12.1 Å². The Kier molecular flexibility index (Phi) is 5.16. The van der Waals surface area contributed by atoms with Gasteiger partial charge >= 0.3 is 0 Å². The van der Waals surface area contributed by atoms with Gasteiger partial charge in [-0.15, -0.1) is 0 Å². The lowest BCUT2D eigenvalue weighted by molar-refractivity contribution is -0.135. The number of halogens is 2. The highest BCUT2D eigenvalue weighted by Gasteiger charge is 2.53. The molecule has 2 aromatic carbocycles. The van der Waals surface area contributed by atoms with E-state index >= 15 is 0 Å². The SMILES string of the molecule is O=C(N1CCN(S(=O)(=O)c2ccccc2Cl)CC1)C1(c2ccc(Cl)cc2)CC1. The van der Waals surface area contributed by atoms with Crippen LogP contribution in [0.5, 0.6) is 0 Å². The molecule has 0 radical (unpaired) electrons. The van der Waals surface area contributed by atoms with Crippen LogP contribution in [0.2, 0.25) is 10.0 Å². The van der Waals surface area contributed by atoms with Crippen LogP contribution in [0.4, 0.5) is 0 Å². The summed E-state index contributed by atoms with van der Waals surface area (Å²) in [6, 6.07) is 13.9. The number of carbonyl (C=O) groups is 1. The highest BCUT2D eigenvalue weighted by atomic mass is 35.5. The van der Waals surface area contributed by atoms with Gasteiger partial charge in [-0.05, 0) is 42.7 Å². The molecule has 0 bridgehead atoms.